The van der Waals surface area contributed by atoms with E-state index in [1.807, 2.05) is 6.92 Å². The zero-order valence-corrected chi connectivity index (χ0v) is 15.7. The molecule has 0 spiro atoms. The first kappa shape index (κ1) is 18.4. The second kappa shape index (κ2) is 8.33. The van der Waals surface area contributed by atoms with Crippen molar-refractivity contribution in [3.05, 3.63) is 24.3 Å². The highest BCUT2D eigenvalue weighted by molar-refractivity contribution is 8.02. The molecule has 1 aromatic heterocycles. The van der Waals surface area contributed by atoms with E-state index in [0.717, 1.165) is 18.5 Å². The molecule has 1 aliphatic rings. The minimum atomic E-state index is -2.43. The Hall–Kier alpha value is -1.39. The van der Waals surface area contributed by atoms with Gasteiger partial charge in [-0.3, -0.25) is 4.79 Å². The number of benzene rings is 1. The van der Waals surface area contributed by atoms with Crippen LogP contribution < -0.4 is 10.6 Å². The van der Waals surface area contributed by atoms with Crippen molar-refractivity contribution in [1.29, 1.82) is 0 Å². The fraction of sp³-hybridized carbons (Fsp3) is 0.400. The van der Waals surface area contributed by atoms with Crippen LogP contribution in [0.4, 0.5) is 19.6 Å². The van der Waals surface area contributed by atoms with Crippen LogP contribution in [0.25, 0.3) is 0 Å². The molecule has 5 nitrogen and oxygen atoms in total. The van der Waals surface area contributed by atoms with Crippen LogP contribution in [0.1, 0.15) is 19.8 Å². The third-order valence-corrected chi connectivity index (χ3v) is 6.05. The van der Waals surface area contributed by atoms with E-state index in [1.165, 1.54) is 23.1 Å². The van der Waals surface area contributed by atoms with Crippen molar-refractivity contribution in [2.45, 2.75) is 46.0 Å². The summed E-state index contributed by atoms with van der Waals surface area (Å²) in [6.07, 6.45) is 2.12. The fourth-order valence-corrected chi connectivity index (χ4v) is 4.33. The molecule has 0 aliphatic heterocycles. The van der Waals surface area contributed by atoms with E-state index >= 15 is 0 Å². The predicted molar refractivity (Wildman–Crippen MR) is 98.0 cm³/mol. The van der Waals surface area contributed by atoms with E-state index in [9.17, 15) is 13.6 Å². The average Bonchev–Trinajstić information content (AvgIpc) is 3.27. The number of carbonyl (C=O) groups excluding carboxylic acids is 1. The number of alkyl halides is 2. The summed E-state index contributed by atoms with van der Waals surface area (Å²) < 4.78 is 25.3. The molecule has 10 heteroatoms. The molecule has 1 aliphatic carbocycles. The number of hydrogen-bond donors (Lipinski definition) is 2. The lowest BCUT2D eigenvalue weighted by Crippen LogP contribution is -2.32. The number of nitrogens with zero attached hydrogens (tertiary/aromatic N) is 2. The van der Waals surface area contributed by atoms with Crippen molar-refractivity contribution in [3.8, 4) is 0 Å². The summed E-state index contributed by atoms with van der Waals surface area (Å²) in [5.74, 6) is -2.41. The van der Waals surface area contributed by atoms with Gasteiger partial charge in [0.1, 0.15) is 0 Å². The van der Waals surface area contributed by atoms with E-state index in [4.69, 9.17) is 0 Å². The zero-order valence-electron chi connectivity index (χ0n) is 13.2. The van der Waals surface area contributed by atoms with E-state index in [2.05, 4.69) is 20.8 Å². The average molecular weight is 403 g/mol. The molecule has 2 N–H and O–H groups in total. The monoisotopic (exact) mass is 402 g/mol. The standard InChI is InChI=1S/C15H16F2N4OS3/c1-8(12(22)18-9-2-3-9)23-15-21-20-14(25-15)19-10-4-6-11(7-5-10)24-13(16)17/h4-9,13H,2-3H2,1H3,(H,18,22)(H,19,20). The third-order valence-electron chi connectivity index (χ3n) is 3.31. The Morgan fingerprint density at radius 3 is 2.60 bits per heavy atom. The molecule has 1 atom stereocenters. The Bertz CT molecular complexity index is 722. The number of rotatable bonds is 8. The molecule has 0 saturated heterocycles. The van der Waals surface area contributed by atoms with Gasteiger partial charge in [0.05, 0.1) is 5.25 Å². The lowest BCUT2D eigenvalue weighted by Gasteiger charge is -2.08. The minimum absolute atomic E-state index is 0.0179. The Balaban J connectivity index is 1.53. The number of thioether (sulfide) groups is 2. The van der Waals surface area contributed by atoms with Gasteiger partial charge in [-0.05, 0) is 44.0 Å². The Morgan fingerprint density at radius 2 is 1.96 bits per heavy atom. The van der Waals surface area contributed by atoms with Crippen molar-refractivity contribution >= 4 is 51.6 Å². The maximum Gasteiger partial charge on any atom is 0.288 e. The summed E-state index contributed by atoms with van der Waals surface area (Å²) in [5, 5.41) is 14.5. The number of hydrogen-bond acceptors (Lipinski definition) is 7. The largest absolute Gasteiger partial charge is 0.352 e. The SMILES string of the molecule is CC(Sc1nnc(Nc2ccc(SC(F)F)cc2)s1)C(=O)NC1CC1. The van der Waals surface area contributed by atoms with Gasteiger partial charge in [-0.25, -0.2) is 0 Å². The minimum Gasteiger partial charge on any atom is -0.352 e. The summed E-state index contributed by atoms with van der Waals surface area (Å²) in [4.78, 5) is 12.5. The van der Waals surface area contributed by atoms with Gasteiger partial charge < -0.3 is 10.6 Å². The van der Waals surface area contributed by atoms with E-state index in [-0.39, 0.29) is 11.2 Å². The molecule has 0 bridgehead atoms. The van der Waals surface area contributed by atoms with Gasteiger partial charge in [-0.15, -0.1) is 10.2 Å². The van der Waals surface area contributed by atoms with Crippen LogP contribution in [0.15, 0.2) is 33.5 Å². The fourth-order valence-electron chi connectivity index (χ4n) is 1.90. The molecule has 1 aromatic carbocycles. The summed E-state index contributed by atoms with van der Waals surface area (Å²) in [6.45, 7) is 1.84. The molecule has 134 valence electrons. The van der Waals surface area contributed by atoms with Gasteiger partial charge in [0.2, 0.25) is 11.0 Å². The van der Waals surface area contributed by atoms with E-state index in [1.54, 1.807) is 24.3 Å². The van der Waals surface area contributed by atoms with E-state index < -0.39 is 5.76 Å². The Kier molecular flexibility index (Phi) is 6.13. The molecule has 3 rings (SSSR count). The van der Waals surface area contributed by atoms with Crippen molar-refractivity contribution in [2.24, 2.45) is 0 Å². The lowest BCUT2D eigenvalue weighted by atomic mass is 10.3. The maximum atomic E-state index is 12.3. The van der Waals surface area contributed by atoms with Gasteiger partial charge in [0.25, 0.3) is 5.76 Å². The number of halogens is 2. The third kappa shape index (κ3) is 5.82. The van der Waals surface area contributed by atoms with Crippen molar-refractivity contribution < 1.29 is 13.6 Å². The first-order valence-electron chi connectivity index (χ1n) is 7.62. The molecule has 1 unspecified atom stereocenters. The number of nitrogens with one attached hydrogen (secondary N) is 2. The summed E-state index contributed by atoms with van der Waals surface area (Å²) in [7, 11) is 0. The van der Waals surface area contributed by atoms with Crippen molar-refractivity contribution in [3.63, 3.8) is 0 Å². The first-order chi connectivity index (χ1) is 12.0. The topological polar surface area (TPSA) is 66.9 Å². The van der Waals surface area contributed by atoms with Gasteiger partial charge in [0, 0.05) is 16.6 Å². The zero-order chi connectivity index (χ0) is 17.8. The highest BCUT2D eigenvalue weighted by Gasteiger charge is 2.26. The summed E-state index contributed by atoms with van der Waals surface area (Å²) >= 11 is 3.22. The molecule has 0 radical (unpaired) electrons. The summed E-state index contributed by atoms with van der Waals surface area (Å²) in [6, 6.07) is 7.02. The molecular formula is C15H16F2N4OS3. The van der Waals surface area contributed by atoms with E-state index in [0.29, 0.717) is 32.2 Å². The molecule has 1 heterocycles. The van der Waals surface area contributed by atoms with Gasteiger partial charge >= 0.3 is 0 Å². The van der Waals surface area contributed by atoms with Crippen LogP contribution in [0.2, 0.25) is 0 Å². The molecule has 1 fully saturated rings. The number of aromatic nitrogens is 2. The van der Waals surface area contributed by atoms with Gasteiger partial charge in [-0.1, -0.05) is 34.9 Å². The Morgan fingerprint density at radius 1 is 1.24 bits per heavy atom. The molecule has 1 amide bonds. The van der Waals surface area contributed by atoms with Crippen LogP contribution in [-0.4, -0.2) is 33.2 Å². The van der Waals surface area contributed by atoms with Gasteiger partial charge in [0.15, 0.2) is 4.34 Å². The quantitative estimate of drug-likeness (QED) is 0.640. The number of anilines is 2. The van der Waals surface area contributed by atoms with Crippen LogP contribution in [0.5, 0.6) is 0 Å². The predicted octanol–water partition coefficient (Wildman–Crippen LogP) is 4.36. The maximum absolute atomic E-state index is 12.3. The van der Waals surface area contributed by atoms with Gasteiger partial charge in [-0.2, -0.15) is 8.78 Å². The lowest BCUT2D eigenvalue weighted by molar-refractivity contribution is -0.120. The molecular weight excluding hydrogens is 386 g/mol. The highest BCUT2D eigenvalue weighted by Crippen LogP contribution is 2.32. The Labute approximate surface area is 156 Å². The van der Waals surface area contributed by atoms with Crippen LogP contribution in [0, 0.1) is 0 Å². The molecule has 2 aromatic rings. The number of amides is 1. The number of carbonyl (C=O) groups is 1. The normalized spacial score (nSPS) is 15.2. The van der Waals surface area contributed by atoms with Crippen molar-refractivity contribution in [2.75, 3.05) is 5.32 Å². The second-order valence-electron chi connectivity index (χ2n) is 5.44. The van der Waals surface area contributed by atoms with Crippen LogP contribution in [-0.2, 0) is 4.79 Å². The first-order valence-corrected chi connectivity index (χ1v) is 10.2. The van der Waals surface area contributed by atoms with Crippen molar-refractivity contribution in [1.82, 2.24) is 15.5 Å². The summed E-state index contributed by atoms with van der Waals surface area (Å²) in [5.41, 5.74) is 0.742. The highest BCUT2D eigenvalue weighted by atomic mass is 32.2. The van der Waals surface area contributed by atoms with Crippen LogP contribution in [0.3, 0.4) is 0 Å². The molecule has 1 saturated carbocycles. The van der Waals surface area contributed by atoms with Crippen LogP contribution >= 0.6 is 34.9 Å². The smallest absolute Gasteiger partial charge is 0.288 e. The second-order valence-corrected chi connectivity index (χ2v) is 9.07. The molecule has 25 heavy (non-hydrogen) atoms.